The average molecular weight is 385 g/mol. The summed E-state index contributed by atoms with van der Waals surface area (Å²) in [5.41, 5.74) is 1.34. The van der Waals surface area contributed by atoms with Crippen LogP contribution in [0.5, 0.6) is 0 Å². The number of nitrogens with zero attached hydrogens (tertiary/aromatic N) is 1. The molecule has 1 aliphatic heterocycles. The fourth-order valence-corrected chi connectivity index (χ4v) is 3.66. The van der Waals surface area contributed by atoms with Gasteiger partial charge in [0.05, 0.1) is 11.6 Å². The number of hydrogen-bond acceptors (Lipinski definition) is 1. The minimum Gasteiger partial charge on any atom is -0.327 e. The number of carbonyl (C=O) groups is 1. The maximum absolute atomic E-state index is 14.6. The molecule has 1 unspecified atom stereocenters. The second kappa shape index (κ2) is 7.11. The van der Waals surface area contributed by atoms with E-state index in [-0.39, 0.29) is 12.1 Å². The Morgan fingerprint density at radius 2 is 1.46 bits per heavy atom. The van der Waals surface area contributed by atoms with Crippen LogP contribution in [0.1, 0.15) is 33.1 Å². The monoisotopic (exact) mass is 385 g/mol. The van der Waals surface area contributed by atoms with Crippen molar-refractivity contribution >= 4 is 5.91 Å². The molecule has 6 heteroatoms. The summed E-state index contributed by atoms with van der Waals surface area (Å²) in [5.74, 6) is -5.95. The summed E-state index contributed by atoms with van der Waals surface area (Å²) in [6.45, 7) is 0.188. The molecule has 0 saturated heterocycles. The van der Waals surface area contributed by atoms with Crippen molar-refractivity contribution in [3.63, 3.8) is 0 Å². The number of fused-ring (bicyclic) bond motifs is 1. The standard InChI is InChI=1S/C22H15F4NO/c23-17-8-4-3-7-15(17)21-14-6-2-1-5-13(14)11-12-27(21)22(28)16-9-10-18(24)20(26)19(16)25/h1-10,21H,11-12H2. The van der Waals surface area contributed by atoms with Crippen LogP contribution in [0.15, 0.2) is 60.7 Å². The highest BCUT2D eigenvalue weighted by molar-refractivity contribution is 5.95. The van der Waals surface area contributed by atoms with E-state index in [1.54, 1.807) is 24.3 Å². The summed E-state index contributed by atoms with van der Waals surface area (Å²) in [5, 5.41) is 0. The van der Waals surface area contributed by atoms with Crippen LogP contribution in [0.4, 0.5) is 17.6 Å². The average Bonchev–Trinajstić information content (AvgIpc) is 2.71. The molecule has 1 heterocycles. The van der Waals surface area contributed by atoms with E-state index < -0.39 is 40.8 Å². The summed E-state index contributed by atoms with van der Waals surface area (Å²) < 4.78 is 55.7. The normalized spacial score (nSPS) is 16.0. The second-order valence-corrected chi connectivity index (χ2v) is 6.59. The smallest absolute Gasteiger partial charge is 0.257 e. The second-order valence-electron chi connectivity index (χ2n) is 6.59. The first-order valence-electron chi connectivity index (χ1n) is 8.75. The van der Waals surface area contributed by atoms with Crippen LogP contribution in [-0.4, -0.2) is 17.4 Å². The molecule has 1 amide bonds. The highest BCUT2D eigenvalue weighted by Crippen LogP contribution is 2.37. The van der Waals surface area contributed by atoms with Crippen LogP contribution in [0.3, 0.4) is 0 Å². The van der Waals surface area contributed by atoms with Gasteiger partial charge < -0.3 is 4.90 Å². The Labute approximate surface area is 159 Å². The van der Waals surface area contributed by atoms with Crippen molar-refractivity contribution in [2.24, 2.45) is 0 Å². The highest BCUT2D eigenvalue weighted by atomic mass is 19.2. The molecule has 0 fully saturated rings. The Balaban J connectivity index is 1.85. The van der Waals surface area contributed by atoms with Crippen LogP contribution in [-0.2, 0) is 6.42 Å². The van der Waals surface area contributed by atoms with Crippen molar-refractivity contribution in [2.75, 3.05) is 6.54 Å². The van der Waals surface area contributed by atoms with Gasteiger partial charge in [0.15, 0.2) is 17.5 Å². The molecule has 1 aliphatic rings. The van der Waals surface area contributed by atoms with Gasteiger partial charge in [-0.1, -0.05) is 42.5 Å². The first kappa shape index (κ1) is 18.2. The van der Waals surface area contributed by atoms with Crippen LogP contribution in [0.2, 0.25) is 0 Å². The minimum atomic E-state index is -1.70. The van der Waals surface area contributed by atoms with Gasteiger partial charge in [0, 0.05) is 12.1 Å². The molecule has 2 nitrogen and oxygen atoms in total. The van der Waals surface area contributed by atoms with E-state index in [0.717, 1.165) is 17.2 Å². The van der Waals surface area contributed by atoms with Crippen molar-refractivity contribution in [2.45, 2.75) is 12.5 Å². The first-order chi connectivity index (χ1) is 13.5. The number of halogens is 4. The van der Waals surface area contributed by atoms with Gasteiger partial charge in [0.2, 0.25) is 0 Å². The van der Waals surface area contributed by atoms with Gasteiger partial charge >= 0.3 is 0 Å². The van der Waals surface area contributed by atoms with E-state index in [0.29, 0.717) is 12.5 Å². The summed E-state index contributed by atoms with van der Waals surface area (Å²) in [4.78, 5) is 14.4. The lowest BCUT2D eigenvalue weighted by Crippen LogP contribution is -2.41. The van der Waals surface area contributed by atoms with E-state index in [9.17, 15) is 22.4 Å². The van der Waals surface area contributed by atoms with Crippen LogP contribution >= 0.6 is 0 Å². The third-order valence-electron chi connectivity index (χ3n) is 5.01. The summed E-state index contributed by atoms with van der Waals surface area (Å²) in [6.07, 6.45) is 0.484. The summed E-state index contributed by atoms with van der Waals surface area (Å²) in [6, 6.07) is 14.2. The van der Waals surface area contributed by atoms with Crippen molar-refractivity contribution in [3.05, 3.63) is 106 Å². The van der Waals surface area contributed by atoms with E-state index in [1.807, 2.05) is 12.1 Å². The highest BCUT2D eigenvalue weighted by Gasteiger charge is 2.35. The quantitative estimate of drug-likeness (QED) is 0.448. The van der Waals surface area contributed by atoms with E-state index in [1.165, 1.54) is 17.0 Å². The molecule has 0 radical (unpaired) electrons. The molecule has 3 aromatic rings. The zero-order valence-electron chi connectivity index (χ0n) is 14.6. The van der Waals surface area contributed by atoms with Gasteiger partial charge in [-0.15, -0.1) is 0 Å². The zero-order chi connectivity index (χ0) is 19.8. The third kappa shape index (κ3) is 2.95. The zero-order valence-corrected chi connectivity index (χ0v) is 14.6. The summed E-state index contributed by atoms with van der Waals surface area (Å²) in [7, 11) is 0. The van der Waals surface area contributed by atoms with Crippen molar-refractivity contribution in [3.8, 4) is 0 Å². The number of hydrogen-bond donors (Lipinski definition) is 0. The van der Waals surface area contributed by atoms with Crippen LogP contribution in [0.25, 0.3) is 0 Å². The van der Waals surface area contributed by atoms with Crippen molar-refractivity contribution in [1.29, 1.82) is 0 Å². The SMILES string of the molecule is O=C(c1ccc(F)c(F)c1F)N1CCc2ccccc2C1c1ccccc1F. The lowest BCUT2D eigenvalue weighted by Gasteiger charge is -2.38. The van der Waals surface area contributed by atoms with E-state index >= 15 is 0 Å². The fourth-order valence-electron chi connectivity index (χ4n) is 3.66. The Morgan fingerprint density at radius 1 is 0.786 bits per heavy atom. The molecule has 0 aliphatic carbocycles. The number of amides is 1. The Bertz CT molecular complexity index is 1070. The molecule has 0 N–H and O–H groups in total. The molecule has 3 aromatic carbocycles. The number of benzene rings is 3. The maximum atomic E-state index is 14.6. The number of rotatable bonds is 2. The maximum Gasteiger partial charge on any atom is 0.257 e. The van der Waals surface area contributed by atoms with E-state index in [4.69, 9.17) is 0 Å². The van der Waals surface area contributed by atoms with Gasteiger partial charge in [0.1, 0.15) is 5.82 Å². The molecule has 0 aromatic heterocycles. The summed E-state index contributed by atoms with van der Waals surface area (Å²) >= 11 is 0. The van der Waals surface area contributed by atoms with Crippen molar-refractivity contribution in [1.82, 2.24) is 4.90 Å². The Morgan fingerprint density at radius 3 is 2.21 bits per heavy atom. The third-order valence-corrected chi connectivity index (χ3v) is 5.01. The van der Waals surface area contributed by atoms with Gasteiger partial charge in [-0.25, -0.2) is 17.6 Å². The van der Waals surface area contributed by atoms with Gasteiger partial charge in [0.25, 0.3) is 5.91 Å². The van der Waals surface area contributed by atoms with Crippen LogP contribution < -0.4 is 0 Å². The fraction of sp³-hybridized carbons (Fsp3) is 0.136. The largest absolute Gasteiger partial charge is 0.327 e. The molecular formula is C22H15F4NO. The van der Waals surface area contributed by atoms with Gasteiger partial charge in [-0.05, 0) is 35.7 Å². The Hall–Kier alpha value is -3.15. The topological polar surface area (TPSA) is 20.3 Å². The Kier molecular flexibility index (Phi) is 4.63. The van der Waals surface area contributed by atoms with Crippen molar-refractivity contribution < 1.29 is 22.4 Å². The molecule has 0 spiro atoms. The first-order valence-corrected chi connectivity index (χ1v) is 8.75. The molecule has 28 heavy (non-hydrogen) atoms. The molecule has 4 rings (SSSR count). The lowest BCUT2D eigenvalue weighted by atomic mass is 9.87. The molecule has 0 bridgehead atoms. The predicted octanol–water partition coefficient (Wildman–Crippen LogP) is 5.03. The molecular weight excluding hydrogens is 370 g/mol. The lowest BCUT2D eigenvalue weighted by molar-refractivity contribution is 0.0686. The molecule has 1 atom stereocenters. The van der Waals surface area contributed by atoms with Gasteiger partial charge in [-0.3, -0.25) is 4.79 Å². The predicted molar refractivity (Wildman–Crippen MR) is 95.7 cm³/mol. The van der Waals surface area contributed by atoms with Gasteiger partial charge in [-0.2, -0.15) is 0 Å². The minimum absolute atomic E-state index is 0.188. The molecule has 142 valence electrons. The molecule has 0 saturated carbocycles. The van der Waals surface area contributed by atoms with Crippen LogP contribution in [0, 0.1) is 23.3 Å². The van der Waals surface area contributed by atoms with E-state index in [2.05, 4.69) is 0 Å². The number of carbonyl (C=O) groups excluding carboxylic acids is 1.